The number of Topliss-reactive ketones (excluding diaryl/α,β-unsaturated/α-hetero) is 1. The van der Waals surface area contributed by atoms with Gasteiger partial charge in [0.2, 0.25) is 5.91 Å². The van der Waals surface area contributed by atoms with Crippen molar-refractivity contribution in [3.8, 4) is 5.75 Å². The maximum absolute atomic E-state index is 13.5. The number of nitro benzene ring substituents is 1. The fraction of sp³-hybridized carbons (Fsp3) is 0.286. The Bertz CT molecular complexity index is 1550. The van der Waals surface area contributed by atoms with Crippen LogP contribution in [0.3, 0.4) is 0 Å². The molecular formula is C28H30FN8O5+. The van der Waals surface area contributed by atoms with E-state index >= 15 is 0 Å². The van der Waals surface area contributed by atoms with Crippen molar-refractivity contribution in [2.45, 2.75) is 25.8 Å². The van der Waals surface area contributed by atoms with E-state index in [4.69, 9.17) is 9.84 Å². The zero-order valence-electron chi connectivity index (χ0n) is 23.3. The third-order valence-electron chi connectivity index (χ3n) is 7.23. The van der Waals surface area contributed by atoms with Crippen molar-refractivity contribution in [2.75, 3.05) is 32.1 Å². The standard InChI is InChI=1S/C28H29FN8O5/c1-28(2,26(39)32-21-7-5-20(29)6-8-21)34-12-11-22(38)17-36-27(34)33-35-13-10-19(15-30-25(35)16-31-36)18-4-9-23(37(40)41)24(14-18)42-3/h4-10,14-16,31H,11-13,17H2,1-3H3,(H,32,39)/p+1. The van der Waals surface area contributed by atoms with E-state index < -0.39 is 16.3 Å². The maximum Gasteiger partial charge on any atom is 0.346 e. The van der Waals surface area contributed by atoms with Gasteiger partial charge in [-0.2, -0.15) is 5.01 Å². The Labute approximate surface area is 240 Å². The van der Waals surface area contributed by atoms with Crippen LogP contribution in [-0.4, -0.2) is 71.0 Å². The van der Waals surface area contributed by atoms with Gasteiger partial charge in [-0.15, -0.1) is 0 Å². The highest BCUT2D eigenvalue weighted by Gasteiger charge is 2.45. The molecule has 218 valence electrons. The number of allylic oxidation sites excluding steroid dienone is 1. The van der Waals surface area contributed by atoms with Crippen LogP contribution in [0.4, 0.5) is 15.8 Å². The molecular weight excluding hydrogens is 547 g/mol. The van der Waals surface area contributed by atoms with Gasteiger partial charge in [0.15, 0.2) is 23.9 Å². The molecule has 14 heteroatoms. The van der Waals surface area contributed by atoms with E-state index in [0.717, 1.165) is 0 Å². The number of nitro groups is 1. The summed E-state index contributed by atoms with van der Waals surface area (Å²) in [6.45, 7) is 4.12. The Kier molecular flexibility index (Phi) is 7.72. The Hall–Kier alpha value is -5.11. The van der Waals surface area contributed by atoms with Crippen LogP contribution in [0.25, 0.3) is 5.57 Å². The van der Waals surface area contributed by atoms with Gasteiger partial charge in [-0.05, 0) is 61.4 Å². The molecule has 3 heterocycles. The predicted octanol–water partition coefficient (Wildman–Crippen LogP) is 1.68. The summed E-state index contributed by atoms with van der Waals surface area (Å²) < 4.78 is 18.6. The summed E-state index contributed by atoms with van der Waals surface area (Å²) in [5, 5.41) is 21.2. The third-order valence-corrected chi connectivity index (χ3v) is 7.23. The number of benzene rings is 2. The number of rotatable bonds is 6. The lowest BCUT2D eigenvalue weighted by Crippen LogP contribution is -3.22. The molecule has 1 amide bonds. The minimum atomic E-state index is -1.15. The van der Waals surface area contributed by atoms with Crippen LogP contribution < -0.4 is 20.5 Å². The van der Waals surface area contributed by atoms with Crippen molar-refractivity contribution in [1.82, 2.24) is 15.3 Å². The molecule has 1 fully saturated rings. The first kappa shape index (κ1) is 28.4. The quantitative estimate of drug-likeness (QED) is 0.347. The van der Waals surface area contributed by atoms with E-state index in [0.29, 0.717) is 33.6 Å². The lowest BCUT2D eigenvalue weighted by Gasteiger charge is -2.37. The molecule has 0 saturated carbocycles. The van der Waals surface area contributed by atoms with Crippen molar-refractivity contribution in [2.24, 2.45) is 10.1 Å². The largest absolute Gasteiger partial charge is 0.490 e. The highest BCUT2D eigenvalue weighted by Crippen LogP contribution is 2.31. The summed E-state index contributed by atoms with van der Waals surface area (Å²) in [6.07, 6.45) is 5.37. The Balaban J connectivity index is 1.46. The Morgan fingerprint density at radius 3 is 2.71 bits per heavy atom. The van der Waals surface area contributed by atoms with Crippen molar-refractivity contribution in [3.63, 3.8) is 0 Å². The third kappa shape index (κ3) is 5.69. The smallest absolute Gasteiger partial charge is 0.346 e. The SMILES string of the molecule is COc1cc(C2=CCN3N=C4N(C(C)(C)C(=O)Nc5ccc(F)cc5)CCC(=O)C[NH+]4NC=C3N=C2)ccc1[N+](=O)[O-]. The van der Waals surface area contributed by atoms with Crippen LogP contribution in [0.15, 0.2) is 70.7 Å². The van der Waals surface area contributed by atoms with Crippen molar-refractivity contribution < 1.29 is 28.6 Å². The average molecular weight is 578 g/mol. The monoisotopic (exact) mass is 577 g/mol. The van der Waals surface area contributed by atoms with Gasteiger partial charge in [0.25, 0.3) is 0 Å². The lowest BCUT2D eigenvalue weighted by molar-refractivity contribution is -0.845. The average Bonchev–Trinajstić information content (AvgIpc) is 3.33. The molecule has 0 aliphatic carbocycles. The van der Waals surface area contributed by atoms with Crippen LogP contribution in [0.1, 0.15) is 25.8 Å². The molecule has 5 rings (SSSR count). The summed E-state index contributed by atoms with van der Waals surface area (Å²) in [5.41, 5.74) is 3.71. The van der Waals surface area contributed by atoms with Gasteiger partial charge in [-0.25, -0.2) is 19.8 Å². The molecule has 2 aromatic rings. The molecule has 2 aromatic carbocycles. The zero-order valence-corrected chi connectivity index (χ0v) is 23.3. The van der Waals surface area contributed by atoms with Gasteiger partial charge in [-0.1, -0.05) is 11.2 Å². The summed E-state index contributed by atoms with van der Waals surface area (Å²) in [7, 11) is 1.37. The number of carbonyl (C=O) groups excluding carboxylic acids is 2. The van der Waals surface area contributed by atoms with E-state index in [1.54, 1.807) is 48.3 Å². The molecule has 3 aliphatic heterocycles. The molecule has 1 saturated heterocycles. The van der Waals surface area contributed by atoms with Crippen LogP contribution in [-0.2, 0) is 9.59 Å². The number of hydrazone groups is 1. The van der Waals surface area contributed by atoms with Gasteiger partial charge in [-0.3, -0.25) is 24.6 Å². The number of anilines is 1. The van der Waals surface area contributed by atoms with E-state index in [1.165, 1.54) is 37.4 Å². The number of fused-ring (bicyclic) bond motifs is 2. The first-order valence-electron chi connectivity index (χ1n) is 13.2. The minimum absolute atomic E-state index is 0.00395. The number of quaternary nitrogens is 1. The fourth-order valence-electron chi connectivity index (χ4n) is 4.79. The first-order valence-corrected chi connectivity index (χ1v) is 13.2. The molecule has 3 aliphatic rings. The second-order valence-electron chi connectivity index (χ2n) is 10.3. The van der Waals surface area contributed by atoms with Gasteiger partial charge < -0.3 is 10.1 Å². The lowest BCUT2D eigenvalue weighted by atomic mass is 10.0. The number of hydrogen-bond donors (Lipinski definition) is 3. The number of guanidine groups is 1. The Morgan fingerprint density at radius 2 is 2.00 bits per heavy atom. The molecule has 0 spiro atoms. The number of ketones is 1. The maximum atomic E-state index is 13.5. The van der Waals surface area contributed by atoms with Crippen LogP contribution in [0.5, 0.6) is 5.75 Å². The van der Waals surface area contributed by atoms with Gasteiger partial charge in [0.1, 0.15) is 11.4 Å². The molecule has 3 N–H and O–H groups in total. The highest BCUT2D eigenvalue weighted by molar-refractivity contribution is 6.10. The number of methoxy groups -OCH3 is 1. The van der Waals surface area contributed by atoms with Gasteiger partial charge >= 0.3 is 11.6 Å². The summed E-state index contributed by atoms with van der Waals surface area (Å²) in [5.74, 6) is 0.247. The van der Waals surface area contributed by atoms with E-state index in [1.807, 2.05) is 6.08 Å². The number of amides is 1. The Morgan fingerprint density at radius 1 is 1.24 bits per heavy atom. The second-order valence-corrected chi connectivity index (χ2v) is 10.3. The second kappa shape index (κ2) is 11.4. The fourth-order valence-corrected chi connectivity index (χ4v) is 4.79. The first-order chi connectivity index (χ1) is 20.1. The minimum Gasteiger partial charge on any atom is -0.490 e. The molecule has 0 radical (unpaired) electrons. The van der Waals surface area contributed by atoms with Crippen LogP contribution in [0, 0.1) is 15.9 Å². The molecule has 13 nitrogen and oxygen atoms in total. The normalized spacial score (nSPS) is 18.6. The van der Waals surface area contributed by atoms with E-state index in [-0.39, 0.29) is 49.2 Å². The predicted molar refractivity (Wildman–Crippen MR) is 153 cm³/mol. The molecule has 0 bridgehead atoms. The summed E-state index contributed by atoms with van der Waals surface area (Å²) in [6, 6.07) is 10.1. The molecule has 42 heavy (non-hydrogen) atoms. The number of aliphatic imine (C=N–C) groups is 1. The molecule has 1 atom stereocenters. The molecule has 1 unspecified atom stereocenters. The van der Waals surface area contributed by atoms with Crippen molar-refractivity contribution in [1.29, 1.82) is 0 Å². The van der Waals surface area contributed by atoms with Crippen LogP contribution in [0.2, 0.25) is 0 Å². The number of carbonyl (C=O) groups is 2. The van der Waals surface area contributed by atoms with Crippen molar-refractivity contribution in [3.05, 3.63) is 82.1 Å². The van der Waals surface area contributed by atoms with E-state index in [9.17, 15) is 24.1 Å². The number of halogens is 1. The summed E-state index contributed by atoms with van der Waals surface area (Å²) in [4.78, 5) is 43.4. The number of nitrogens with zero attached hydrogens (tertiary/aromatic N) is 5. The number of ether oxygens (including phenoxy) is 1. The zero-order chi connectivity index (χ0) is 30.0. The summed E-state index contributed by atoms with van der Waals surface area (Å²) >= 11 is 0. The number of nitrogens with one attached hydrogen (secondary N) is 3. The van der Waals surface area contributed by atoms with Gasteiger partial charge in [0.05, 0.1) is 24.8 Å². The van der Waals surface area contributed by atoms with Crippen molar-refractivity contribution >= 4 is 40.8 Å². The number of hydrogen-bond acceptors (Lipinski definition) is 10. The topological polar surface area (TPSA) is 146 Å². The molecule has 0 aromatic heterocycles. The van der Waals surface area contributed by atoms with Crippen LogP contribution >= 0.6 is 0 Å². The highest BCUT2D eigenvalue weighted by atomic mass is 19.1. The van der Waals surface area contributed by atoms with Gasteiger partial charge in [0, 0.05) is 30.9 Å². The van der Waals surface area contributed by atoms with E-state index in [2.05, 4.69) is 15.7 Å².